The van der Waals surface area contributed by atoms with E-state index in [9.17, 15) is 18.3 Å². The lowest BCUT2D eigenvalue weighted by Gasteiger charge is -2.12. The van der Waals surface area contributed by atoms with Gasteiger partial charge in [-0.2, -0.15) is 18.3 Å². The van der Waals surface area contributed by atoms with E-state index in [0.29, 0.717) is 17.2 Å². The van der Waals surface area contributed by atoms with Gasteiger partial charge in [-0.25, -0.2) is 9.67 Å². The number of alkyl halides is 3. The zero-order chi connectivity index (χ0) is 15.6. The molecular formula is C14H16F3N3O. The highest BCUT2D eigenvalue weighted by Crippen LogP contribution is 2.29. The van der Waals surface area contributed by atoms with Crippen LogP contribution in [-0.2, 0) is 19.1 Å². The predicted octanol–water partition coefficient (Wildman–Crippen LogP) is 2.52. The third-order valence-corrected chi connectivity index (χ3v) is 3.10. The number of hydrogen-bond donors (Lipinski definition) is 1. The van der Waals surface area contributed by atoms with E-state index in [1.54, 1.807) is 18.5 Å². The molecule has 0 saturated carbocycles. The number of nitrogens with zero attached hydrogens (tertiary/aromatic N) is 3. The summed E-state index contributed by atoms with van der Waals surface area (Å²) >= 11 is 0. The molecule has 1 aromatic heterocycles. The second kappa shape index (κ2) is 5.85. The van der Waals surface area contributed by atoms with Crippen molar-refractivity contribution < 1.29 is 18.3 Å². The van der Waals surface area contributed by atoms with E-state index < -0.39 is 17.8 Å². The number of hydrogen-bond acceptors (Lipinski definition) is 3. The molecule has 0 saturated heterocycles. The summed E-state index contributed by atoms with van der Waals surface area (Å²) in [5.74, 6) is 1.31. The molecule has 0 aliphatic rings. The quantitative estimate of drug-likeness (QED) is 0.944. The Balaban J connectivity index is 1.99. The van der Waals surface area contributed by atoms with Crippen LogP contribution in [0, 0.1) is 13.8 Å². The van der Waals surface area contributed by atoms with Gasteiger partial charge in [-0.3, -0.25) is 0 Å². The Morgan fingerprint density at radius 1 is 1.19 bits per heavy atom. The molecule has 0 radical (unpaired) electrons. The molecule has 0 amide bonds. The van der Waals surface area contributed by atoms with Gasteiger partial charge in [-0.05, 0) is 31.5 Å². The van der Waals surface area contributed by atoms with Gasteiger partial charge in [0.15, 0.2) is 0 Å². The highest BCUT2D eigenvalue weighted by Gasteiger charge is 2.29. The summed E-state index contributed by atoms with van der Waals surface area (Å²) in [6.45, 7) is 3.80. The molecule has 1 aromatic carbocycles. The number of aromatic nitrogens is 3. The summed E-state index contributed by atoms with van der Waals surface area (Å²) in [7, 11) is 0. The molecule has 2 aromatic rings. The van der Waals surface area contributed by atoms with Gasteiger partial charge >= 0.3 is 6.18 Å². The molecule has 7 heteroatoms. The van der Waals surface area contributed by atoms with Crippen LogP contribution in [0.4, 0.5) is 13.2 Å². The number of aliphatic hydroxyl groups is 1. The average molecular weight is 299 g/mol. The van der Waals surface area contributed by atoms with Gasteiger partial charge in [-0.15, -0.1) is 0 Å². The summed E-state index contributed by atoms with van der Waals surface area (Å²) < 4.78 is 38.9. The van der Waals surface area contributed by atoms with Crippen molar-refractivity contribution in [1.29, 1.82) is 0 Å². The fraction of sp³-hybridized carbons (Fsp3) is 0.429. The molecule has 1 atom stereocenters. The maximum absolute atomic E-state index is 12.4. The van der Waals surface area contributed by atoms with Gasteiger partial charge in [0.2, 0.25) is 0 Å². The van der Waals surface area contributed by atoms with Crippen molar-refractivity contribution in [2.75, 3.05) is 0 Å². The second-order valence-corrected chi connectivity index (χ2v) is 4.94. The Hall–Kier alpha value is -1.89. The third kappa shape index (κ3) is 4.04. The predicted molar refractivity (Wildman–Crippen MR) is 70.7 cm³/mol. The monoisotopic (exact) mass is 299 g/mol. The van der Waals surface area contributed by atoms with Gasteiger partial charge in [0.1, 0.15) is 11.6 Å². The van der Waals surface area contributed by atoms with Gasteiger partial charge in [0, 0.05) is 6.42 Å². The van der Waals surface area contributed by atoms with Gasteiger partial charge in [0.25, 0.3) is 0 Å². The number of aliphatic hydroxyl groups excluding tert-OH is 1. The van der Waals surface area contributed by atoms with E-state index in [4.69, 9.17) is 0 Å². The Morgan fingerprint density at radius 3 is 2.29 bits per heavy atom. The standard InChI is InChI=1S/C14H16F3N3O/c1-9-18-10(2)20(19-9)8-13(21)7-11-3-5-12(6-4-11)14(15,16)17/h3-6,13,21H,7-8H2,1-2H3. The zero-order valence-electron chi connectivity index (χ0n) is 11.7. The molecule has 2 rings (SSSR count). The van der Waals surface area contributed by atoms with Gasteiger partial charge < -0.3 is 5.11 Å². The number of rotatable bonds is 4. The number of benzene rings is 1. The first-order valence-electron chi connectivity index (χ1n) is 6.48. The summed E-state index contributed by atoms with van der Waals surface area (Å²) in [5.41, 5.74) is -0.0477. The molecule has 114 valence electrons. The first-order chi connectivity index (χ1) is 9.75. The molecule has 1 unspecified atom stereocenters. The molecule has 0 spiro atoms. The van der Waals surface area contributed by atoms with E-state index in [-0.39, 0.29) is 13.0 Å². The van der Waals surface area contributed by atoms with Crippen molar-refractivity contribution >= 4 is 0 Å². The van der Waals surface area contributed by atoms with Crippen molar-refractivity contribution in [3.63, 3.8) is 0 Å². The Bertz CT molecular complexity index is 605. The first kappa shape index (κ1) is 15.5. The van der Waals surface area contributed by atoms with E-state index in [2.05, 4.69) is 10.1 Å². The maximum Gasteiger partial charge on any atom is 0.416 e. The molecule has 0 fully saturated rings. The minimum Gasteiger partial charge on any atom is -0.391 e. The number of halogens is 3. The largest absolute Gasteiger partial charge is 0.416 e. The summed E-state index contributed by atoms with van der Waals surface area (Å²) in [4.78, 5) is 4.13. The Morgan fingerprint density at radius 2 is 1.81 bits per heavy atom. The normalized spacial score (nSPS) is 13.4. The molecule has 0 aliphatic carbocycles. The van der Waals surface area contributed by atoms with Crippen LogP contribution in [-0.4, -0.2) is 26.0 Å². The van der Waals surface area contributed by atoms with Crippen LogP contribution in [0.15, 0.2) is 24.3 Å². The van der Waals surface area contributed by atoms with Crippen LogP contribution >= 0.6 is 0 Å². The summed E-state index contributed by atoms with van der Waals surface area (Å²) in [6, 6.07) is 4.80. The van der Waals surface area contributed by atoms with Crippen LogP contribution in [0.1, 0.15) is 22.8 Å². The summed E-state index contributed by atoms with van der Waals surface area (Å²) in [5, 5.41) is 14.1. The van der Waals surface area contributed by atoms with Crippen LogP contribution in [0.3, 0.4) is 0 Å². The molecule has 1 heterocycles. The highest BCUT2D eigenvalue weighted by atomic mass is 19.4. The van der Waals surface area contributed by atoms with Crippen molar-refractivity contribution in [1.82, 2.24) is 14.8 Å². The first-order valence-corrected chi connectivity index (χ1v) is 6.48. The molecule has 0 aliphatic heterocycles. The lowest BCUT2D eigenvalue weighted by molar-refractivity contribution is -0.137. The van der Waals surface area contributed by atoms with Crippen molar-refractivity contribution in [3.8, 4) is 0 Å². The van der Waals surface area contributed by atoms with Crippen LogP contribution in [0.5, 0.6) is 0 Å². The maximum atomic E-state index is 12.4. The van der Waals surface area contributed by atoms with E-state index in [0.717, 1.165) is 12.1 Å². The summed E-state index contributed by atoms with van der Waals surface area (Å²) in [6.07, 6.45) is -4.82. The Labute approximate surface area is 120 Å². The minimum absolute atomic E-state index is 0.258. The topological polar surface area (TPSA) is 50.9 Å². The molecule has 1 N–H and O–H groups in total. The van der Waals surface area contributed by atoms with Gasteiger partial charge in [0.05, 0.1) is 18.2 Å². The van der Waals surface area contributed by atoms with Crippen LogP contribution in [0.2, 0.25) is 0 Å². The fourth-order valence-corrected chi connectivity index (χ4v) is 2.10. The molecule has 4 nitrogen and oxygen atoms in total. The number of aryl methyl sites for hydroxylation is 2. The van der Waals surface area contributed by atoms with Crippen LogP contribution in [0.25, 0.3) is 0 Å². The highest BCUT2D eigenvalue weighted by molar-refractivity contribution is 5.25. The smallest absolute Gasteiger partial charge is 0.391 e. The van der Waals surface area contributed by atoms with E-state index in [1.807, 2.05) is 0 Å². The van der Waals surface area contributed by atoms with Crippen molar-refractivity contribution in [2.24, 2.45) is 0 Å². The van der Waals surface area contributed by atoms with E-state index >= 15 is 0 Å². The lowest BCUT2D eigenvalue weighted by Crippen LogP contribution is -2.20. The SMILES string of the molecule is Cc1nc(C)n(CC(O)Cc2ccc(C(F)(F)F)cc2)n1. The zero-order valence-corrected chi connectivity index (χ0v) is 11.7. The minimum atomic E-state index is -4.34. The molecule has 0 bridgehead atoms. The average Bonchev–Trinajstić information content (AvgIpc) is 2.67. The van der Waals surface area contributed by atoms with Crippen LogP contribution < -0.4 is 0 Å². The molecule has 21 heavy (non-hydrogen) atoms. The van der Waals surface area contributed by atoms with Crippen molar-refractivity contribution in [2.45, 2.75) is 39.1 Å². The Kier molecular flexibility index (Phi) is 4.32. The van der Waals surface area contributed by atoms with Gasteiger partial charge in [-0.1, -0.05) is 12.1 Å². The van der Waals surface area contributed by atoms with E-state index in [1.165, 1.54) is 12.1 Å². The fourth-order valence-electron chi connectivity index (χ4n) is 2.10. The second-order valence-electron chi connectivity index (χ2n) is 4.94. The van der Waals surface area contributed by atoms with Crippen molar-refractivity contribution in [3.05, 3.63) is 47.0 Å². The lowest BCUT2D eigenvalue weighted by atomic mass is 10.1. The molecular weight excluding hydrogens is 283 g/mol. The third-order valence-electron chi connectivity index (χ3n) is 3.10.